The quantitative estimate of drug-likeness (QED) is 0.657. The van der Waals surface area contributed by atoms with Gasteiger partial charge in [-0.25, -0.2) is 4.79 Å². The van der Waals surface area contributed by atoms with Crippen LogP contribution < -0.4 is 0 Å². The Labute approximate surface area is 107 Å². The third-order valence-corrected chi connectivity index (χ3v) is 4.55. The molecule has 1 aliphatic heterocycles. The van der Waals surface area contributed by atoms with Crippen molar-refractivity contribution in [3.8, 4) is 0 Å². The lowest BCUT2D eigenvalue weighted by Crippen LogP contribution is -2.53. The molecule has 2 atom stereocenters. The van der Waals surface area contributed by atoms with Gasteiger partial charge < -0.3 is 9.47 Å². The molecule has 1 fully saturated rings. The number of fused-ring (bicyclic) bond motifs is 3. The predicted molar refractivity (Wildman–Crippen MR) is 67.4 cm³/mol. The molecule has 0 bridgehead atoms. The van der Waals surface area contributed by atoms with Crippen molar-refractivity contribution in [2.75, 3.05) is 0 Å². The lowest BCUT2D eigenvalue weighted by molar-refractivity contribution is -0.0582. The molecular formula is C15H18O3. The van der Waals surface area contributed by atoms with Gasteiger partial charge in [-0.15, -0.1) is 0 Å². The topological polar surface area (TPSA) is 35.5 Å². The van der Waals surface area contributed by atoms with E-state index in [2.05, 4.69) is 19.9 Å². The minimum atomic E-state index is -0.684. The first-order valence-corrected chi connectivity index (χ1v) is 6.31. The van der Waals surface area contributed by atoms with Crippen molar-refractivity contribution in [2.24, 2.45) is 0 Å². The van der Waals surface area contributed by atoms with Crippen LogP contribution in [0.4, 0.5) is 4.79 Å². The van der Waals surface area contributed by atoms with Crippen LogP contribution in [-0.4, -0.2) is 11.8 Å². The van der Waals surface area contributed by atoms with E-state index in [1.807, 2.05) is 32.0 Å². The minimum Gasteiger partial charge on any atom is -0.423 e. The standard InChI is InChI=1S/C15H18O3/c1-13(2)9-14(3)15(4,18-12(16)17-14)11-8-6-5-7-10(11)13/h5-8H,9H2,1-4H3. The Balaban J connectivity index is 2.29. The van der Waals surface area contributed by atoms with Gasteiger partial charge in [-0.3, -0.25) is 0 Å². The van der Waals surface area contributed by atoms with Crippen LogP contribution in [0, 0.1) is 0 Å². The van der Waals surface area contributed by atoms with Crippen molar-refractivity contribution < 1.29 is 14.3 Å². The van der Waals surface area contributed by atoms with Gasteiger partial charge in [-0.2, -0.15) is 0 Å². The lowest BCUT2D eigenvalue weighted by atomic mass is 9.60. The molecule has 96 valence electrons. The van der Waals surface area contributed by atoms with Crippen LogP contribution in [-0.2, 0) is 20.5 Å². The first-order chi connectivity index (χ1) is 8.29. The maximum atomic E-state index is 11.6. The summed E-state index contributed by atoms with van der Waals surface area (Å²) in [7, 11) is 0. The Morgan fingerprint density at radius 2 is 1.61 bits per heavy atom. The molecule has 18 heavy (non-hydrogen) atoms. The minimum absolute atomic E-state index is 0.0289. The Kier molecular flexibility index (Phi) is 1.98. The fraction of sp³-hybridized carbons (Fsp3) is 0.533. The molecule has 1 heterocycles. The lowest BCUT2D eigenvalue weighted by Gasteiger charge is -2.48. The van der Waals surface area contributed by atoms with Crippen LogP contribution in [0.5, 0.6) is 0 Å². The highest BCUT2D eigenvalue weighted by Gasteiger charge is 2.63. The number of hydrogen-bond donors (Lipinski definition) is 0. The normalized spacial score (nSPS) is 36.3. The van der Waals surface area contributed by atoms with Crippen molar-refractivity contribution >= 4 is 6.16 Å². The summed E-state index contributed by atoms with van der Waals surface area (Å²) in [5.74, 6) is 0. The highest BCUT2D eigenvalue weighted by Crippen LogP contribution is 2.56. The van der Waals surface area contributed by atoms with E-state index in [4.69, 9.17) is 9.47 Å². The van der Waals surface area contributed by atoms with E-state index in [-0.39, 0.29) is 5.41 Å². The third-order valence-electron chi connectivity index (χ3n) is 4.55. The Bertz CT molecular complexity index is 534. The zero-order valence-corrected chi connectivity index (χ0v) is 11.2. The molecule has 1 aromatic rings. The molecule has 0 N–H and O–H groups in total. The second-order valence-electron chi connectivity index (χ2n) is 6.32. The van der Waals surface area contributed by atoms with Gasteiger partial charge in [0, 0.05) is 12.0 Å². The molecule has 0 saturated carbocycles. The van der Waals surface area contributed by atoms with Crippen molar-refractivity contribution in [1.82, 2.24) is 0 Å². The van der Waals surface area contributed by atoms with Crippen LogP contribution in [0.25, 0.3) is 0 Å². The summed E-state index contributed by atoms with van der Waals surface area (Å²) >= 11 is 0. The Hall–Kier alpha value is -1.51. The summed E-state index contributed by atoms with van der Waals surface area (Å²) in [6.07, 6.45) is 0.201. The summed E-state index contributed by atoms with van der Waals surface area (Å²) in [6.45, 7) is 8.28. The number of ether oxygens (including phenoxy) is 2. The van der Waals surface area contributed by atoms with Crippen molar-refractivity contribution in [3.63, 3.8) is 0 Å². The largest absolute Gasteiger partial charge is 0.510 e. The summed E-state index contributed by atoms with van der Waals surface area (Å²) in [5, 5.41) is 0. The molecule has 0 amide bonds. The summed E-state index contributed by atoms with van der Waals surface area (Å²) in [6, 6.07) is 8.17. The number of benzene rings is 1. The van der Waals surface area contributed by atoms with Gasteiger partial charge >= 0.3 is 6.16 Å². The molecule has 3 heteroatoms. The van der Waals surface area contributed by atoms with Crippen LogP contribution in [0.15, 0.2) is 24.3 Å². The first kappa shape index (κ1) is 11.6. The van der Waals surface area contributed by atoms with E-state index in [9.17, 15) is 4.79 Å². The highest BCUT2D eigenvalue weighted by molar-refractivity contribution is 5.66. The number of carbonyl (C=O) groups excluding carboxylic acids is 1. The molecule has 3 rings (SSSR count). The smallest absolute Gasteiger partial charge is 0.423 e. The SMILES string of the molecule is CC1(C)CC2(C)OC(=O)OC2(C)c2ccccc21. The zero-order valence-electron chi connectivity index (χ0n) is 11.2. The summed E-state index contributed by atoms with van der Waals surface area (Å²) < 4.78 is 11.0. The third kappa shape index (κ3) is 1.22. The molecule has 3 nitrogen and oxygen atoms in total. The molecular weight excluding hydrogens is 228 g/mol. The second-order valence-corrected chi connectivity index (χ2v) is 6.32. The maximum absolute atomic E-state index is 11.6. The van der Waals surface area contributed by atoms with E-state index < -0.39 is 17.4 Å². The van der Waals surface area contributed by atoms with Crippen LogP contribution >= 0.6 is 0 Å². The van der Waals surface area contributed by atoms with Crippen LogP contribution in [0.1, 0.15) is 45.2 Å². The Morgan fingerprint density at radius 3 is 2.28 bits per heavy atom. The summed E-state index contributed by atoms with van der Waals surface area (Å²) in [5.41, 5.74) is 0.995. The van der Waals surface area contributed by atoms with E-state index in [1.165, 1.54) is 5.56 Å². The molecule has 0 aromatic heterocycles. The molecule has 0 radical (unpaired) electrons. The number of hydrogen-bond acceptors (Lipinski definition) is 3. The zero-order chi connectivity index (χ0) is 13.2. The van der Waals surface area contributed by atoms with E-state index >= 15 is 0 Å². The monoisotopic (exact) mass is 246 g/mol. The van der Waals surface area contributed by atoms with Gasteiger partial charge in [-0.1, -0.05) is 38.1 Å². The Morgan fingerprint density at radius 1 is 1.00 bits per heavy atom. The van der Waals surface area contributed by atoms with Gasteiger partial charge in [0.2, 0.25) is 0 Å². The summed E-state index contributed by atoms with van der Waals surface area (Å²) in [4.78, 5) is 11.6. The predicted octanol–water partition coefficient (Wildman–Crippen LogP) is 3.51. The average Bonchev–Trinajstić information content (AvgIpc) is 2.48. The van der Waals surface area contributed by atoms with Crippen molar-refractivity contribution in [1.29, 1.82) is 0 Å². The first-order valence-electron chi connectivity index (χ1n) is 6.31. The van der Waals surface area contributed by atoms with Crippen molar-refractivity contribution in [2.45, 2.75) is 50.7 Å². The highest BCUT2D eigenvalue weighted by atomic mass is 16.8. The molecule has 2 unspecified atom stereocenters. The van der Waals surface area contributed by atoms with E-state index in [1.54, 1.807) is 0 Å². The van der Waals surface area contributed by atoms with Gasteiger partial charge in [0.05, 0.1) is 0 Å². The molecule has 1 aromatic carbocycles. The fourth-order valence-electron chi connectivity index (χ4n) is 3.55. The molecule has 0 spiro atoms. The number of rotatable bonds is 0. The van der Waals surface area contributed by atoms with Crippen LogP contribution in [0.2, 0.25) is 0 Å². The van der Waals surface area contributed by atoms with Gasteiger partial charge in [0.25, 0.3) is 0 Å². The second kappa shape index (κ2) is 3.08. The molecule has 1 saturated heterocycles. The maximum Gasteiger partial charge on any atom is 0.510 e. The van der Waals surface area contributed by atoms with Gasteiger partial charge in [0.1, 0.15) is 0 Å². The van der Waals surface area contributed by atoms with Crippen LogP contribution in [0.3, 0.4) is 0 Å². The van der Waals surface area contributed by atoms with E-state index in [0.29, 0.717) is 0 Å². The average molecular weight is 246 g/mol. The number of carbonyl (C=O) groups is 1. The molecule has 2 aliphatic rings. The van der Waals surface area contributed by atoms with Gasteiger partial charge in [0.15, 0.2) is 11.2 Å². The van der Waals surface area contributed by atoms with Crippen molar-refractivity contribution in [3.05, 3.63) is 35.4 Å². The van der Waals surface area contributed by atoms with E-state index in [0.717, 1.165) is 12.0 Å². The fourth-order valence-corrected chi connectivity index (χ4v) is 3.55. The van der Waals surface area contributed by atoms with Gasteiger partial charge in [-0.05, 0) is 24.8 Å². The molecule has 1 aliphatic carbocycles.